The first-order chi connectivity index (χ1) is 18.9. The molecule has 39 heavy (non-hydrogen) atoms. The van der Waals surface area contributed by atoms with Crippen LogP contribution in [-0.2, 0) is 16.1 Å². The summed E-state index contributed by atoms with van der Waals surface area (Å²) >= 11 is 0. The van der Waals surface area contributed by atoms with Gasteiger partial charge in [-0.25, -0.2) is 4.98 Å². The van der Waals surface area contributed by atoms with Crippen molar-refractivity contribution in [3.05, 3.63) is 17.7 Å². The number of carbonyl (C=O) groups is 2. The molecule has 1 atom stereocenters. The number of nitrogens with zero attached hydrogens (tertiary/aromatic N) is 4. The van der Waals surface area contributed by atoms with Gasteiger partial charge in [0, 0.05) is 69.3 Å². The minimum absolute atomic E-state index is 0.0400. The lowest BCUT2D eigenvalue weighted by molar-refractivity contribution is -0.130. The standard InChI is InChI=1S/C28H42N6O5/c1-5-32-11-12-33(25(36)15-29)10-8-24(35)30-16-19-7-6-9-34(17-19)28-20(18-32)13-21-22(31-28)14-23(37-2)27(39-4)26(21)38-3/h13-14,19H,5-12,15-18,29H2,1-4H3,(H,30,35). The molecule has 0 saturated carbocycles. The largest absolute Gasteiger partial charge is 0.493 e. The summed E-state index contributed by atoms with van der Waals surface area (Å²) in [6.07, 6.45) is 2.33. The quantitative estimate of drug-likeness (QED) is 0.580. The minimum Gasteiger partial charge on any atom is -0.493 e. The van der Waals surface area contributed by atoms with Gasteiger partial charge in [0.05, 0.1) is 33.4 Å². The fraction of sp³-hybridized carbons (Fsp3) is 0.607. The summed E-state index contributed by atoms with van der Waals surface area (Å²) in [6, 6.07) is 4.04. The van der Waals surface area contributed by atoms with Crippen molar-refractivity contribution in [3.63, 3.8) is 0 Å². The van der Waals surface area contributed by atoms with Crippen LogP contribution in [0.15, 0.2) is 12.1 Å². The molecule has 1 aromatic carbocycles. The zero-order valence-electron chi connectivity index (χ0n) is 23.6. The number of carbonyl (C=O) groups excluding carboxylic acids is 2. The average molecular weight is 543 g/mol. The van der Waals surface area contributed by atoms with E-state index in [4.69, 9.17) is 24.9 Å². The van der Waals surface area contributed by atoms with Crippen LogP contribution in [0.25, 0.3) is 10.9 Å². The molecule has 11 heteroatoms. The second-order valence-corrected chi connectivity index (χ2v) is 10.1. The lowest BCUT2D eigenvalue weighted by atomic mass is 9.97. The van der Waals surface area contributed by atoms with Crippen molar-refractivity contribution in [2.75, 3.05) is 78.6 Å². The highest BCUT2D eigenvalue weighted by atomic mass is 16.5. The fourth-order valence-electron chi connectivity index (χ4n) is 5.56. The summed E-state index contributed by atoms with van der Waals surface area (Å²) in [6.45, 7) is 7.27. The Morgan fingerprint density at radius 2 is 1.90 bits per heavy atom. The van der Waals surface area contributed by atoms with Crippen LogP contribution in [0.3, 0.4) is 0 Å². The third kappa shape index (κ3) is 6.47. The van der Waals surface area contributed by atoms with Gasteiger partial charge in [0.25, 0.3) is 0 Å². The summed E-state index contributed by atoms with van der Waals surface area (Å²) in [7, 11) is 4.82. The topological polar surface area (TPSA) is 122 Å². The molecule has 214 valence electrons. The normalized spacial score (nSPS) is 19.5. The summed E-state index contributed by atoms with van der Waals surface area (Å²) < 4.78 is 17.0. The Morgan fingerprint density at radius 1 is 1.10 bits per heavy atom. The number of ether oxygens (including phenoxy) is 3. The molecule has 11 nitrogen and oxygen atoms in total. The van der Waals surface area contributed by atoms with Crippen molar-refractivity contribution < 1.29 is 23.8 Å². The van der Waals surface area contributed by atoms with E-state index in [9.17, 15) is 9.59 Å². The monoisotopic (exact) mass is 542 g/mol. The van der Waals surface area contributed by atoms with Gasteiger partial charge in [-0.1, -0.05) is 6.92 Å². The lowest BCUT2D eigenvalue weighted by Crippen LogP contribution is -2.43. The molecule has 3 heterocycles. The Balaban J connectivity index is 1.80. The van der Waals surface area contributed by atoms with Gasteiger partial charge in [0.2, 0.25) is 17.6 Å². The average Bonchev–Trinajstić information content (AvgIpc) is 2.97. The van der Waals surface area contributed by atoms with Gasteiger partial charge in [-0.05, 0) is 31.4 Å². The van der Waals surface area contributed by atoms with Crippen LogP contribution in [0, 0.1) is 5.92 Å². The Hall–Kier alpha value is -3.31. The van der Waals surface area contributed by atoms with Crippen LogP contribution in [0.1, 0.15) is 31.7 Å². The predicted octanol–water partition coefficient (Wildman–Crippen LogP) is 1.61. The maximum absolute atomic E-state index is 12.6. The van der Waals surface area contributed by atoms with Crippen LogP contribution in [-0.4, -0.2) is 100 Å². The van der Waals surface area contributed by atoms with Crippen LogP contribution in [0.2, 0.25) is 0 Å². The smallest absolute Gasteiger partial charge is 0.236 e. The first-order valence-electron chi connectivity index (χ1n) is 13.8. The van der Waals surface area contributed by atoms with Crippen LogP contribution < -0.4 is 30.2 Å². The zero-order valence-corrected chi connectivity index (χ0v) is 23.6. The van der Waals surface area contributed by atoms with E-state index in [-0.39, 0.29) is 24.8 Å². The van der Waals surface area contributed by atoms with Gasteiger partial charge in [0.1, 0.15) is 5.82 Å². The molecule has 3 N–H and O–H groups in total. The SMILES string of the molecule is CCN1CCN(C(=O)CN)CCC(=O)NCC2CCCN(C2)c2nc3cc(OC)c(OC)c(OC)c3cc2C1. The van der Waals surface area contributed by atoms with E-state index in [0.717, 1.165) is 54.8 Å². The number of amides is 2. The van der Waals surface area contributed by atoms with E-state index >= 15 is 0 Å². The molecule has 2 amide bonds. The molecule has 0 aliphatic carbocycles. The molecule has 2 aliphatic rings. The van der Waals surface area contributed by atoms with Crippen molar-refractivity contribution in [1.82, 2.24) is 20.1 Å². The molecule has 4 rings (SSSR count). The summed E-state index contributed by atoms with van der Waals surface area (Å²) in [5.41, 5.74) is 7.52. The van der Waals surface area contributed by atoms with Gasteiger partial charge < -0.3 is 35.1 Å². The van der Waals surface area contributed by atoms with Crippen molar-refractivity contribution >= 4 is 28.5 Å². The second-order valence-electron chi connectivity index (χ2n) is 10.1. The van der Waals surface area contributed by atoms with Gasteiger partial charge >= 0.3 is 0 Å². The molecule has 1 fully saturated rings. The summed E-state index contributed by atoms with van der Waals surface area (Å²) in [5.74, 6) is 2.72. The first kappa shape index (κ1) is 28.7. The number of likely N-dealkylation sites (N-methyl/N-ethyl adjacent to an activating group) is 1. The molecular formula is C28H42N6O5. The molecule has 2 bridgehead atoms. The van der Waals surface area contributed by atoms with E-state index in [2.05, 4.69) is 28.1 Å². The molecule has 0 spiro atoms. The number of hydrogen-bond acceptors (Lipinski definition) is 9. The van der Waals surface area contributed by atoms with Gasteiger partial charge in [0.15, 0.2) is 11.5 Å². The van der Waals surface area contributed by atoms with E-state index in [1.165, 1.54) is 0 Å². The Bertz CT molecular complexity index is 1180. The maximum atomic E-state index is 12.6. The highest BCUT2D eigenvalue weighted by Gasteiger charge is 2.27. The van der Waals surface area contributed by atoms with Crippen molar-refractivity contribution in [1.29, 1.82) is 0 Å². The number of methoxy groups -OCH3 is 3. The number of piperidine rings is 1. The number of hydrogen-bond donors (Lipinski definition) is 2. The Morgan fingerprint density at radius 3 is 2.59 bits per heavy atom. The minimum atomic E-state index is -0.149. The number of anilines is 1. The third-order valence-electron chi connectivity index (χ3n) is 7.75. The summed E-state index contributed by atoms with van der Waals surface area (Å²) in [4.78, 5) is 36.7. The number of nitrogens with one attached hydrogen (secondary N) is 1. The number of nitrogens with two attached hydrogens (primary N) is 1. The molecule has 1 unspecified atom stereocenters. The Kier molecular flexibility index (Phi) is 9.68. The first-order valence-corrected chi connectivity index (χ1v) is 13.8. The number of fused-ring (bicyclic) bond motifs is 5. The maximum Gasteiger partial charge on any atom is 0.236 e. The Labute approximate surface area is 230 Å². The highest BCUT2D eigenvalue weighted by Crippen LogP contribution is 2.44. The van der Waals surface area contributed by atoms with Gasteiger partial charge in [-0.3, -0.25) is 14.5 Å². The number of pyridine rings is 1. The number of aromatic nitrogens is 1. The lowest BCUT2D eigenvalue weighted by Gasteiger charge is -2.35. The van der Waals surface area contributed by atoms with Crippen LogP contribution in [0.5, 0.6) is 17.2 Å². The van der Waals surface area contributed by atoms with E-state index in [1.807, 2.05) is 6.07 Å². The fourth-order valence-corrected chi connectivity index (χ4v) is 5.56. The molecule has 1 aromatic heterocycles. The van der Waals surface area contributed by atoms with E-state index in [0.29, 0.717) is 55.9 Å². The van der Waals surface area contributed by atoms with Crippen molar-refractivity contribution in [3.8, 4) is 17.2 Å². The van der Waals surface area contributed by atoms with Crippen molar-refractivity contribution in [2.45, 2.75) is 32.7 Å². The molecule has 2 aromatic rings. The number of rotatable bonds is 5. The van der Waals surface area contributed by atoms with E-state index < -0.39 is 0 Å². The van der Waals surface area contributed by atoms with Gasteiger partial charge in [-0.15, -0.1) is 0 Å². The zero-order chi connectivity index (χ0) is 27.9. The third-order valence-corrected chi connectivity index (χ3v) is 7.75. The van der Waals surface area contributed by atoms with Crippen molar-refractivity contribution in [2.24, 2.45) is 11.7 Å². The predicted molar refractivity (Wildman–Crippen MR) is 151 cm³/mol. The molecule has 0 radical (unpaired) electrons. The van der Waals surface area contributed by atoms with Crippen LogP contribution in [0.4, 0.5) is 5.82 Å². The summed E-state index contributed by atoms with van der Waals surface area (Å²) in [5, 5.41) is 3.94. The second kappa shape index (κ2) is 13.2. The van der Waals surface area contributed by atoms with E-state index in [1.54, 1.807) is 26.2 Å². The van der Waals surface area contributed by atoms with Crippen LogP contribution >= 0.6 is 0 Å². The number of benzene rings is 1. The highest BCUT2D eigenvalue weighted by molar-refractivity contribution is 5.92. The molecule has 1 saturated heterocycles. The van der Waals surface area contributed by atoms with Gasteiger partial charge in [-0.2, -0.15) is 0 Å². The molecule has 2 aliphatic heterocycles. The molecular weight excluding hydrogens is 500 g/mol.